The highest BCUT2D eigenvalue weighted by Crippen LogP contribution is 2.22. The molecule has 0 spiro atoms. The van der Waals surface area contributed by atoms with Gasteiger partial charge in [0.15, 0.2) is 0 Å². The van der Waals surface area contributed by atoms with E-state index in [4.69, 9.17) is 0 Å². The zero-order valence-electron chi connectivity index (χ0n) is 9.84. The topological polar surface area (TPSA) is 85.1 Å². The molecular formula is C12H7F2N3O3. The van der Waals surface area contributed by atoms with E-state index in [9.17, 15) is 23.7 Å². The van der Waals surface area contributed by atoms with Gasteiger partial charge in [0, 0.05) is 18.3 Å². The molecule has 0 atom stereocenters. The number of non-ortho nitro benzene ring substituents is 1. The van der Waals surface area contributed by atoms with E-state index in [0.717, 1.165) is 30.5 Å². The fourth-order valence-corrected chi connectivity index (χ4v) is 1.47. The Labute approximate surface area is 111 Å². The summed E-state index contributed by atoms with van der Waals surface area (Å²) in [6, 6.07) is 5.14. The molecule has 1 aromatic heterocycles. The van der Waals surface area contributed by atoms with Crippen molar-refractivity contribution in [1.29, 1.82) is 0 Å². The zero-order chi connectivity index (χ0) is 14.7. The fraction of sp³-hybridized carbons (Fsp3) is 0. The highest BCUT2D eigenvalue weighted by molar-refractivity contribution is 6.04. The molecule has 0 fully saturated rings. The molecule has 0 bridgehead atoms. The van der Waals surface area contributed by atoms with Gasteiger partial charge in [-0.2, -0.15) is 4.39 Å². The van der Waals surface area contributed by atoms with Gasteiger partial charge in [0.2, 0.25) is 5.95 Å². The molecule has 8 heteroatoms. The molecule has 1 N–H and O–H groups in total. The number of nitrogens with zero attached hydrogens (tertiary/aromatic N) is 2. The van der Waals surface area contributed by atoms with Gasteiger partial charge in [-0.05, 0) is 18.2 Å². The average Bonchev–Trinajstić information content (AvgIpc) is 2.41. The van der Waals surface area contributed by atoms with Crippen LogP contribution in [0.25, 0.3) is 0 Å². The van der Waals surface area contributed by atoms with Gasteiger partial charge in [-0.3, -0.25) is 14.9 Å². The second kappa shape index (κ2) is 5.39. The first kappa shape index (κ1) is 13.5. The van der Waals surface area contributed by atoms with E-state index >= 15 is 0 Å². The number of nitro benzene ring substituents is 1. The Morgan fingerprint density at radius 2 is 2.05 bits per heavy atom. The summed E-state index contributed by atoms with van der Waals surface area (Å²) in [4.78, 5) is 24.9. The first-order valence-corrected chi connectivity index (χ1v) is 5.35. The van der Waals surface area contributed by atoms with Gasteiger partial charge in [-0.1, -0.05) is 0 Å². The number of rotatable bonds is 3. The summed E-state index contributed by atoms with van der Waals surface area (Å²) in [5, 5.41) is 12.6. The van der Waals surface area contributed by atoms with Gasteiger partial charge in [0.25, 0.3) is 11.6 Å². The van der Waals surface area contributed by atoms with E-state index in [1.165, 1.54) is 6.07 Å². The maximum Gasteiger partial charge on any atom is 0.271 e. The number of hydrogen-bond donors (Lipinski definition) is 1. The molecule has 102 valence electrons. The highest BCUT2D eigenvalue weighted by atomic mass is 19.1. The Balaban J connectivity index is 2.30. The quantitative estimate of drug-likeness (QED) is 0.531. The van der Waals surface area contributed by atoms with Crippen molar-refractivity contribution < 1.29 is 18.5 Å². The van der Waals surface area contributed by atoms with Crippen LogP contribution in [0.1, 0.15) is 10.4 Å². The van der Waals surface area contributed by atoms with Crippen molar-refractivity contribution in [2.45, 2.75) is 0 Å². The van der Waals surface area contributed by atoms with Crippen molar-refractivity contribution in [3.05, 3.63) is 64.0 Å². The van der Waals surface area contributed by atoms with Crippen molar-refractivity contribution in [3.8, 4) is 0 Å². The summed E-state index contributed by atoms with van der Waals surface area (Å²) in [6.07, 6.45) is 1.15. The maximum absolute atomic E-state index is 13.5. The molecule has 0 saturated heterocycles. The van der Waals surface area contributed by atoms with Crippen LogP contribution in [0.2, 0.25) is 0 Å². The summed E-state index contributed by atoms with van der Waals surface area (Å²) in [7, 11) is 0. The smallest absolute Gasteiger partial charge is 0.271 e. The third-order valence-electron chi connectivity index (χ3n) is 2.41. The SMILES string of the molecule is O=C(Nc1cc([N+](=O)[O-])ccc1F)c1cccnc1F. The van der Waals surface area contributed by atoms with Crippen LogP contribution in [0, 0.1) is 21.9 Å². The Morgan fingerprint density at radius 1 is 1.30 bits per heavy atom. The van der Waals surface area contributed by atoms with Crippen LogP contribution in [0.4, 0.5) is 20.2 Å². The number of carbonyl (C=O) groups excluding carboxylic acids is 1. The summed E-state index contributed by atoms with van der Waals surface area (Å²) >= 11 is 0. The minimum atomic E-state index is -1.02. The molecule has 20 heavy (non-hydrogen) atoms. The van der Waals surface area contributed by atoms with E-state index in [1.807, 2.05) is 0 Å². The van der Waals surface area contributed by atoms with Crippen LogP contribution in [0.15, 0.2) is 36.5 Å². The van der Waals surface area contributed by atoms with Gasteiger partial charge in [0.1, 0.15) is 5.82 Å². The second-order valence-corrected chi connectivity index (χ2v) is 3.72. The van der Waals surface area contributed by atoms with Crippen molar-refractivity contribution >= 4 is 17.3 Å². The van der Waals surface area contributed by atoms with Crippen molar-refractivity contribution in [2.75, 3.05) is 5.32 Å². The molecular weight excluding hydrogens is 272 g/mol. The van der Waals surface area contributed by atoms with Crippen LogP contribution in [0.5, 0.6) is 0 Å². The lowest BCUT2D eigenvalue weighted by Crippen LogP contribution is -2.15. The largest absolute Gasteiger partial charge is 0.319 e. The molecule has 0 radical (unpaired) electrons. The first-order valence-electron chi connectivity index (χ1n) is 5.35. The highest BCUT2D eigenvalue weighted by Gasteiger charge is 2.16. The van der Waals surface area contributed by atoms with Crippen molar-refractivity contribution in [3.63, 3.8) is 0 Å². The van der Waals surface area contributed by atoms with Crippen LogP contribution < -0.4 is 5.32 Å². The number of benzene rings is 1. The molecule has 6 nitrogen and oxygen atoms in total. The van der Waals surface area contributed by atoms with Crippen LogP contribution >= 0.6 is 0 Å². The molecule has 0 unspecified atom stereocenters. The molecule has 1 heterocycles. The lowest BCUT2D eigenvalue weighted by Gasteiger charge is -2.06. The minimum Gasteiger partial charge on any atom is -0.319 e. The third kappa shape index (κ3) is 2.74. The number of pyridine rings is 1. The zero-order valence-corrected chi connectivity index (χ0v) is 9.84. The number of amides is 1. The second-order valence-electron chi connectivity index (χ2n) is 3.72. The van der Waals surface area contributed by atoms with Crippen molar-refractivity contribution in [2.24, 2.45) is 0 Å². The number of nitro groups is 1. The summed E-state index contributed by atoms with van der Waals surface area (Å²) in [5.74, 6) is -2.83. The van der Waals surface area contributed by atoms with E-state index in [0.29, 0.717) is 0 Å². The van der Waals surface area contributed by atoms with Gasteiger partial charge in [-0.25, -0.2) is 9.37 Å². The standard InChI is InChI=1S/C12H7F2N3O3/c13-9-4-3-7(17(19)20)6-10(9)16-12(18)8-2-1-5-15-11(8)14/h1-6H,(H,16,18). The fourth-order valence-electron chi connectivity index (χ4n) is 1.47. The number of hydrogen-bond acceptors (Lipinski definition) is 4. The van der Waals surface area contributed by atoms with Crippen LogP contribution in [0.3, 0.4) is 0 Å². The predicted octanol–water partition coefficient (Wildman–Crippen LogP) is 2.52. The predicted molar refractivity (Wildman–Crippen MR) is 65.2 cm³/mol. The Morgan fingerprint density at radius 3 is 2.70 bits per heavy atom. The van der Waals surface area contributed by atoms with Gasteiger partial charge < -0.3 is 5.32 Å². The van der Waals surface area contributed by atoms with Gasteiger partial charge >= 0.3 is 0 Å². The molecule has 0 aliphatic heterocycles. The Kier molecular flexibility index (Phi) is 3.65. The molecule has 0 saturated carbocycles. The molecule has 2 rings (SSSR count). The lowest BCUT2D eigenvalue weighted by molar-refractivity contribution is -0.384. The average molecular weight is 279 g/mol. The van der Waals surface area contributed by atoms with E-state index in [2.05, 4.69) is 10.3 Å². The number of aromatic nitrogens is 1. The normalized spacial score (nSPS) is 10.1. The van der Waals surface area contributed by atoms with E-state index in [-0.39, 0.29) is 0 Å². The van der Waals surface area contributed by atoms with Crippen LogP contribution in [-0.2, 0) is 0 Å². The molecule has 1 amide bonds. The summed E-state index contributed by atoms with van der Waals surface area (Å²) in [6.45, 7) is 0. The molecule has 2 aromatic rings. The molecule has 1 aromatic carbocycles. The van der Waals surface area contributed by atoms with Gasteiger partial charge in [0.05, 0.1) is 16.2 Å². The Bertz CT molecular complexity index is 691. The number of carbonyl (C=O) groups is 1. The maximum atomic E-state index is 13.5. The third-order valence-corrected chi connectivity index (χ3v) is 2.41. The number of halogens is 2. The number of anilines is 1. The summed E-state index contributed by atoms with van der Waals surface area (Å²) < 4.78 is 26.7. The van der Waals surface area contributed by atoms with Crippen molar-refractivity contribution in [1.82, 2.24) is 4.98 Å². The summed E-state index contributed by atoms with van der Waals surface area (Å²) in [5.41, 5.74) is -1.20. The number of nitrogens with one attached hydrogen (secondary N) is 1. The monoisotopic (exact) mass is 279 g/mol. The van der Waals surface area contributed by atoms with E-state index < -0.39 is 39.5 Å². The first-order chi connectivity index (χ1) is 9.49. The Hall–Kier alpha value is -2.90. The molecule has 0 aliphatic carbocycles. The lowest BCUT2D eigenvalue weighted by atomic mass is 10.2. The van der Waals surface area contributed by atoms with Gasteiger partial charge in [-0.15, -0.1) is 0 Å². The minimum absolute atomic E-state index is 0.390. The van der Waals surface area contributed by atoms with E-state index in [1.54, 1.807) is 0 Å². The molecule has 0 aliphatic rings. The van der Waals surface area contributed by atoms with Crippen LogP contribution in [-0.4, -0.2) is 15.8 Å².